The van der Waals surface area contributed by atoms with E-state index in [-0.39, 0.29) is 0 Å². The first kappa shape index (κ1) is 11.5. The topological polar surface area (TPSA) is 46.5 Å². The Morgan fingerprint density at radius 2 is 1.88 bits per heavy atom. The zero-order valence-electron chi connectivity index (χ0n) is 8.89. The third-order valence-corrected chi connectivity index (χ3v) is 3.92. The Bertz CT molecular complexity index is 355. The molecule has 0 saturated carbocycles. The average Bonchev–Trinajstić information content (AvgIpc) is 2.31. The molecule has 0 bridgehead atoms. The summed E-state index contributed by atoms with van der Waals surface area (Å²) in [4.78, 5) is 11.8. The highest BCUT2D eigenvalue weighted by atomic mass is 32.2. The van der Waals surface area contributed by atoms with E-state index in [1.165, 1.54) is 0 Å². The predicted octanol–water partition coefficient (Wildman–Crippen LogP) is 2.66. The fourth-order valence-corrected chi connectivity index (χ4v) is 2.77. The largest absolute Gasteiger partial charge is 0.478 e. The first-order chi connectivity index (χ1) is 7.75. The van der Waals surface area contributed by atoms with Crippen LogP contribution in [0.5, 0.6) is 0 Å². The zero-order valence-corrected chi connectivity index (χ0v) is 9.70. The van der Waals surface area contributed by atoms with Gasteiger partial charge >= 0.3 is 5.97 Å². The Balaban J connectivity index is 1.96. The molecular formula is C12H14O3S. The van der Waals surface area contributed by atoms with Crippen molar-refractivity contribution in [1.82, 2.24) is 0 Å². The SMILES string of the molecule is O=C(O)c1ccc(SC2CCOCC2)cc1. The summed E-state index contributed by atoms with van der Waals surface area (Å²) in [5.41, 5.74) is 0.344. The fraction of sp³-hybridized carbons (Fsp3) is 0.417. The lowest BCUT2D eigenvalue weighted by Gasteiger charge is -2.21. The van der Waals surface area contributed by atoms with E-state index in [0.717, 1.165) is 31.0 Å². The van der Waals surface area contributed by atoms with Crippen molar-refractivity contribution in [3.05, 3.63) is 29.8 Å². The van der Waals surface area contributed by atoms with Crippen molar-refractivity contribution < 1.29 is 14.6 Å². The third-order valence-electron chi connectivity index (χ3n) is 2.57. The van der Waals surface area contributed by atoms with Gasteiger partial charge in [-0.1, -0.05) is 0 Å². The first-order valence-corrected chi connectivity index (χ1v) is 6.21. The van der Waals surface area contributed by atoms with Gasteiger partial charge in [0, 0.05) is 23.4 Å². The van der Waals surface area contributed by atoms with Crippen molar-refractivity contribution in [2.24, 2.45) is 0 Å². The molecule has 0 aliphatic carbocycles. The molecule has 0 aromatic heterocycles. The molecule has 0 atom stereocenters. The second kappa shape index (κ2) is 5.37. The third kappa shape index (κ3) is 3.00. The standard InChI is InChI=1S/C12H14O3S/c13-12(14)9-1-3-10(4-2-9)16-11-5-7-15-8-6-11/h1-4,11H,5-8H2,(H,13,14). The Kier molecular flexibility index (Phi) is 3.85. The maximum absolute atomic E-state index is 10.7. The van der Waals surface area contributed by atoms with Crippen LogP contribution in [0, 0.1) is 0 Å². The molecule has 1 saturated heterocycles. The van der Waals surface area contributed by atoms with Gasteiger partial charge in [0.25, 0.3) is 0 Å². The molecule has 86 valence electrons. The van der Waals surface area contributed by atoms with Crippen LogP contribution >= 0.6 is 11.8 Å². The highest BCUT2D eigenvalue weighted by Gasteiger charge is 2.14. The van der Waals surface area contributed by atoms with Gasteiger partial charge in [-0.2, -0.15) is 0 Å². The lowest BCUT2D eigenvalue weighted by Crippen LogP contribution is -2.17. The van der Waals surface area contributed by atoms with E-state index in [4.69, 9.17) is 9.84 Å². The molecule has 1 aliphatic rings. The molecule has 1 aromatic carbocycles. The van der Waals surface area contributed by atoms with Crippen LogP contribution in [0.2, 0.25) is 0 Å². The number of carboxylic acids is 1. The van der Waals surface area contributed by atoms with Crippen LogP contribution in [0.1, 0.15) is 23.2 Å². The highest BCUT2D eigenvalue weighted by molar-refractivity contribution is 8.00. The molecule has 1 heterocycles. The van der Waals surface area contributed by atoms with Gasteiger partial charge in [-0.3, -0.25) is 0 Å². The van der Waals surface area contributed by atoms with Gasteiger partial charge in [-0.25, -0.2) is 4.79 Å². The van der Waals surface area contributed by atoms with Crippen LogP contribution in [0.3, 0.4) is 0 Å². The second-order valence-corrected chi connectivity index (χ2v) is 5.13. The summed E-state index contributed by atoms with van der Waals surface area (Å²) in [5, 5.41) is 9.38. The summed E-state index contributed by atoms with van der Waals surface area (Å²) in [6.45, 7) is 1.68. The van der Waals surface area contributed by atoms with Crippen molar-refractivity contribution in [3.8, 4) is 0 Å². The number of rotatable bonds is 3. The molecule has 1 fully saturated rings. The van der Waals surface area contributed by atoms with Crippen LogP contribution < -0.4 is 0 Å². The molecule has 2 rings (SSSR count). The molecule has 0 radical (unpaired) electrons. The quantitative estimate of drug-likeness (QED) is 0.879. The Labute approximate surface area is 98.8 Å². The van der Waals surface area contributed by atoms with Gasteiger partial charge < -0.3 is 9.84 Å². The van der Waals surface area contributed by atoms with Crippen molar-refractivity contribution in [3.63, 3.8) is 0 Å². The number of carboxylic acid groups (broad SMARTS) is 1. The molecule has 3 nitrogen and oxygen atoms in total. The van der Waals surface area contributed by atoms with Crippen molar-refractivity contribution in [2.45, 2.75) is 23.0 Å². The van der Waals surface area contributed by atoms with Gasteiger partial charge in [-0.05, 0) is 37.1 Å². The maximum Gasteiger partial charge on any atom is 0.335 e. The summed E-state index contributed by atoms with van der Waals surface area (Å²) >= 11 is 1.81. The molecular weight excluding hydrogens is 224 g/mol. The van der Waals surface area contributed by atoms with E-state index in [2.05, 4.69) is 0 Å². The van der Waals surface area contributed by atoms with E-state index >= 15 is 0 Å². The van der Waals surface area contributed by atoms with E-state index in [0.29, 0.717) is 10.8 Å². The minimum Gasteiger partial charge on any atom is -0.478 e. The molecule has 0 spiro atoms. The lowest BCUT2D eigenvalue weighted by atomic mass is 10.2. The minimum absolute atomic E-state index is 0.344. The minimum atomic E-state index is -0.873. The summed E-state index contributed by atoms with van der Waals surface area (Å²) in [6.07, 6.45) is 2.15. The van der Waals surface area contributed by atoms with E-state index in [1.807, 2.05) is 23.9 Å². The molecule has 1 aliphatic heterocycles. The number of thioether (sulfide) groups is 1. The van der Waals surface area contributed by atoms with Gasteiger partial charge in [0.05, 0.1) is 5.56 Å². The smallest absolute Gasteiger partial charge is 0.335 e. The number of benzene rings is 1. The summed E-state index contributed by atoms with van der Waals surface area (Å²) in [7, 11) is 0. The zero-order chi connectivity index (χ0) is 11.4. The predicted molar refractivity (Wildman–Crippen MR) is 63.1 cm³/mol. The molecule has 0 amide bonds. The summed E-state index contributed by atoms with van der Waals surface area (Å²) in [6, 6.07) is 7.07. The Hall–Kier alpha value is -1.00. The normalized spacial score (nSPS) is 17.2. The Morgan fingerprint density at radius 1 is 1.25 bits per heavy atom. The monoisotopic (exact) mass is 238 g/mol. The summed E-state index contributed by atoms with van der Waals surface area (Å²) in [5.74, 6) is -0.873. The summed E-state index contributed by atoms with van der Waals surface area (Å²) < 4.78 is 5.30. The van der Waals surface area contributed by atoms with Gasteiger partial charge in [0.2, 0.25) is 0 Å². The lowest BCUT2D eigenvalue weighted by molar-refractivity contribution is 0.0697. The van der Waals surface area contributed by atoms with Crippen LogP contribution in [0.15, 0.2) is 29.2 Å². The van der Waals surface area contributed by atoms with Gasteiger partial charge in [0.1, 0.15) is 0 Å². The second-order valence-electron chi connectivity index (χ2n) is 3.76. The van der Waals surface area contributed by atoms with Crippen molar-refractivity contribution >= 4 is 17.7 Å². The van der Waals surface area contributed by atoms with Crippen LogP contribution in [-0.2, 0) is 4.74 Å². The highest BCUT2D eigenvalue weighted by Crippen LogP contribution is 2.29. The van der Waals surface area contributed by atoms with E-state index < -0.39 is 5.97 Å². The number of ether oxygens (including phenoxy) is 1. The van der Waals surface area contributed by atoms with Crippen LogP contribution in [0.25, 0.3) is 0 Å². The van der Waals surface area contributed by atoms with Crippen molar-refractivity contribution in [1.29, 1.82) is 0 Å². The first-order valence-electron chi connectivity index (χ1n) is 5.33. The van der Waals surface area contributed by atoms with Gasteiger partial charge in [-0.15, -0.1) is 11.8 Å². The van der Waals surface area contributed by atoms with Crippen LogP contribution in [0.4, 0.5) is 0 Å². The Morgan fingerprint density at radius 3 is 2.44 bits per heavy atom. The number of hydrogen-bond acceptors (Lipinski definition) is 3. The molecule has 16 heavy (non-hydrogen) atoms. The number of aromatic carboxylic acids is 1. The van der Waals surface area contributed by atoms with E-state index in [9.17, 15) is 4.79 Å². The van der Waals surface area contributed by atoms with Gasteiger partial charge in [0.15, 0.2) is 0 Å². The maximum atomic E-state index is 10.7. The van der Waals surface area contributed by atoms with E-state index in [1.54, 1.807) is 12.1 Å². The number of carbonyl (C=O) groups is 1. The average molecular weight is 238 g/mol. The van der Waals surface area contributed by atoms with Crippen molar-refractivity contribution in [2.75, 3.05) is 13.2 Å². The molecule has 1 aromatic rings. The fourth-order valence-electron chi connectivity index (χ4n) is 1.66. The number of hydrogen-bond donors (Lipinski definition) is 1. The van der Waals surface area contributed by atoms with Crippen LogP contribution in [-0.4, -0.2) is 29.5 Å². The molecule has 1 N–H and O–H groups in total. The molecule has 4 heteroatoms. The molecule has 0 unspecified atom stereocenters.